The van der Waals surface area contributed by atoms with Gasteiger partial charge in [0.05, 0.1) is 23.5 Å². The number of aliphatic hydroxyl groups is 1. The van der Waals surface area contributed by atoms with Crippen molar-refractivity contribution >= 4 is 53.0 Å². The number of carbonyl (C=O) groups is 1. The summed E-state index contributed by atoms with van der Waals surface area (Å²) in [5.74, 6) is -1.69. The van der Waals surface area contributed by atoms with Gasteiger partial charge in [-0.2, -0.15) is 0 Å². The summed E-state index contributed by atoms with van der Waals surface area (Å²) in [6.07, 6.45) is 0.577. The van der Waals surface area contributed by atoms with Crippen molar-refractivity contribution in [1.82, 2.24) is 4.90 Å². The number of carboxylic acids is 1. The second-order valence-electron chi connectivity index (χ2n) is 5.48. The number of hydrogen-bond donors (Lipinski definition) is 3. The number of rotatable bonds is 4. The van der Waals surface area contributed by atoms with Crippen LogP contribution in [0.4, 0.5) is 0 Å². The normalized spacial score (nSPS) is 20.6. The molecule has 0 aromatic heterocycles. The largest absolute Gasteiger partial charge is 0.481 e. The van der Waals surface area contributed by atoms with Gasteiger partial charge < -0.3 is 20.8 Å². The van der Waals surface area contributed by atoms with E-state index in [0.717, 1.165) is 0 Å². The Morgan fingerprint density at radius 2 is 1.79 bits per heavy atom. The second kappa shape index (κ2) is 17.2. The molecule has 4 N–H and O–H groups in total. The molecular formula is C14H34I2N2O5S. The van der Waals surface area contributed by atoms with Gasteiger partial charge in [-0.1, -0.05) is 14.9 Å². The van der Waals surface area contributed by atoms with Gasteiger partial charge in [0.1, 0.15) is 0 Å². The van der Waals surface area contributed by atoms with E-state index in [9.17, 15) is 13.2 Å². The Bertz CT molecular complexity index is 406. The summed E-state index contributed by atoms with van der Waals surface area (Å²) >= 11 is 4.24. The van der Waals surface area contributed by atoms with Crippen LogP contribution < -0.4 is 5.73 Å². The summed E-state index contributed by atoms with van der Waals surface area (Å²) in [5.41, 5.74) is 5.41. The molecule has 0 amide bonds. The van der Waals surface area contributed by atoms with Gasteiger partial charge in [-0.3, -0.25) is 4.79 Å². The zero-order chi connectivity index (χ0) is 17.9. The third-order valence-electron chi connectivity index (χ3n) is 2.97. The number of likely N-dealkylation sites (N-methyl/N-ethyl adjacent to an activating group) is 1. The lowest BCUT2D eigenvalue weighted by Gasteiger charge is -2.18. The maximum atomic E-state index is 10.9. The quantitative estimate of drug-likeness (QED) is 0.426. The van der Waals surface area contributed by atoms with E-state index in [1.807, 2.05) is 19.0 Å². The van der Waals surface area contributed by atoms with Crippen molar-refractivity contribution in [3.63, 3.8) is 0 Å². The highest BCUT2D eigenvalue weighted by atomic mass is 128. The molecular weight excluding hydrogens is 562 g/mol. The molecule has 0 radical (unpaired) electrons. The average molecular weight is 596 g/mol. The zero-order valence-corrected chi connectivity index (χ0v) is 18.2. The van der Waals surface area contributed by atoms with Gasteiger partial charge in [-0.05, 0) is 33.9 Å². The summed E-state index contributed by atoms with van der Waals surface area (Å²) < 4.78 is 21.8. The van der Waals surface area contributed by atoms with E-state index in [1.165, 1.54) is 0 Å². The predicted octanol–water partition coefficient (Wildman–Crippen LogP) is 2.20. The summed E-state index contributed by atoms with van der Waals surface area (Å²) in [5, 5.41) is 17.6. The van der Waals surface area contributed by atoms with Gasteiger partial charge in [-0.25, -0.2) is 8.42 Å². The van der Waals surface area contributed by atoms with Crippen LogP contribution in [0.25, 0.3) is 0 Å². The monoisotopic (exact) mass is 596 g/mol. The number of nitrogens with two attached hydrogens (primary N) is 1. The third-order valence-corrected chi connectivity index (χ3v) is 4.79. The smallest absolute Gasteiger partial charge is 0.307 e. The SMILES string of the molecule is C.C.C[C@H](N)[C@H](O)CN(C)C.II.O=C(O)C1CCCS(=O)(=O)C1. The van der Waals surface area contributed by atoms with Crippen LogP contribution in [0, 0.1) is 5.92 Å². The highest BCUT2D eigenvalue weighted by molar-refractivity contribution is 15.0. The number of halogens is 2. The number of carboxylic acid groups (broad SMARTS) is 1. The van der Waals surface area contributed by atoms with Crippen LogP contribution >= 0.6 is 37.2 Å². The first-order chi connectivity index (χ1) is 10.0. The molecule has 0 spiro atoms. The lowest BCUT2D eigenvalue weighted by Crippen LogP contribution is -2.39. The predicted molar refractivity (Wildman–Crippen MR) is 119 cm³/mol. The van der Waals surface area contributed by atoms with Crippen molar-refractivity contribution in [1.29, 1.82) is 0 Å². The molecule has 0 bridgehead atoms. The Morgan fingerprint density at radius 3 is 2.00 bits per heavy atom. The lowest BCUT2D eigenvalue weighted by atomic mass is 10.1. The van der Waals surface area contributed by atoms with E-state index in [4.69, 9.17) is 15.9 Å². The van der Waals surface area contributed by atoms with Crippen LogP contribution in [-0.4, -0.2) is 73.8 Å². The van der Waals surface area contributed by atoms with Crippen molar-refractivity contribution in [2.45, 2.75) is 46.8 Å². The average Bonchev–Trinajstić information content (AvgIpc) is 2.39. The molecule has 1 saturated heterocycles. The maximum absolute atomic E-state index is 10.9. The molecule has 0 saturated carbocycles. The Balaban J connectivity index is -0.000000142. The first kappa shape index (κ1) is 32.4. The minimum Gasteiger partial charge on any atom is -0.481 e. The summed E-state index contributed by atoms with van der Waals surface area (Å²) in [6, 6.07) is -0.132. The van der Waals surface area contributed by atoms with Gasteiger partial charge in [0.15, 0.2) is 9.84 Å². The van der Waals surface area contributed by atoms with Crippen molar-refractivity contribution in [2.75, 3.05) is 32.1 Å². The van der Waals surface area contributed by atoms with Crippen molar-refractivity contribution in [2.24, 2.45) is 11.7 Å². The van der Waals surface area contributed by atoms with E-state index in [0.29, 0.717) is 19.4 Å². The van der Waals surface area contributed by atoms with E-state index in [2.05, 4.69) is 37.2 Å². The number of hydrogen-bond acceptors (Lipinski definition) is 6. The summed E-state index contributed by atoms with van der Waals surface area (Å²) in [7, 11) is 0.759. The fraction of sp³-hybridized carbons (Fsp3) is 0.929. The Labute approximate surface area is 171 Å². The Morgan fingerprint density at radius 1 is 1.33 bits per heavy atom. The molecule has 1 fully saturated rings. The van der Waals surface area contributed by atoms with Crippen LogP contribution in [-0.2, 0) is 14.6 Å². The number of aliphatic hydroxyl groups excluding tert-OH is 1. The molecule has 0 aromatic carbocycles. The number of sulfone groups is 1. The minimum atomic E-state index is -3.06. The van der Waals surface area contributed by atoms with Gasteiger partial charge in [0, 0.05) is 49.8 Å². The molecule has 0 aromatic rings. The number of nitrogens with zero attached hydrogens (tertiary/aromatic N) is 1. The molecule has 24 heavy (non-hydrogen) atoms. The molecule has 10 heteroatoms. The molecule has 1 aliphatic rings. The first-order valence-corrected chi connectivity index (χ1v) is 14.8. The molecule has 1 unspecified atom stereocenters. The van der Waals surface area contributed by atoms with Crippen LogP contribution in [0.1, 0.15) is 34.6 Å². The van der Waals surface area contributed by atoms with Crippen molar-refractivity contribution in [3.05, 3.63) is 0 Å². The molecule has 1 aliphatic heterocycles. The fourth-order valence-electron chi connectivity index (χ4n) is 1.76. The topological polar surface area (TPSA) is 121 Å². The fourth-order valence-corrected chi connectivity index (χ4v) is 3.45. The zero-order valence-electron chi connectivity index (χ0n) is 13.1. The Kier molecular flexibility index (Phi) is 23.2. The van der Waals surface area contributed by atoms with E-state index >= 15 is 0 Å². The molecule has 150 valence electrons. The molecule has 7 nitrogen and oxygen atoms in total. The van der Waals surface area contributed by atoms with Gasteiger partial charge in [0.25, 0.3) is 0 Å². The molecule has 0 aliphatic carbocycles. The van der Waals surface area contributed by atoms with E-state index in [1.54, 1.807) is 6.92 Å². The Hall–Kier alpha value is 0.760. The lowest BCUT2D eigenvalue weighted by molar-refractivity contribution is -0.141. The third kappa shape index (κ3) is 17.6. The number of aliphatic carboxylic acids is 1. The first-order valence-electron chi connectivity index (χ1n) is 6.71. The van der Waals surface area contributed by atoms with Crippen LogP contribution in [0.2, 0.25) is 0 Å². The standard InChI is InChI=1S/C6H16N2O.C6H10O4S.2CH4.I2/c1-5(7)6(9)4-8(2)3;7-6(8)5-2-1-3-11(9,10)4-5;;;1-2/h5-6,9H,4,7H2,1-3H3;5H,1-4H2,(H,7,8);2*1H4;/t5-,6+;;;;/m0..../s1. The van der Waals surface area contributed by atoms with Crippen LogP contribution in [0.15, 0.2) is 0 Å². The minimum absolute atomic E-state index is 0. The van der Waals surface area contributed by atoms with Crippen LogP contribution in [0.3, 0.4) is 0 Å². The van der Waals surface area contributed by atoms with Crippen molar-refractivity contribution in [3.8, 4) is 0 Å². The molecule has 3 atom stereocenters. The van der Waals surface area contributed by atoms with Gasteiger partial charge in [0.2, 0.25) is 0 Å². The van der Waals surface area contributed by atoms with E-state index in [-0.39, 0.29) is 32.4 Å². The maximum Gasteiger partial charge on any atom is 0.307 e. The van der Waals surface area contributed by atoms with Crippen LogP contribution in [0.5, 0.6) is 0 Å². The summed E-state index contributed by atoms with van der Waals surface area (Å²) in [6.45, 7) is 2.44. The van der Waals surface area contributed by atoms with Gasteiger partial charge in [-0.15, -0.1) is 0 Å². The second-order valence-corrected chi connectivity index (χ2v) is 7.71. The summed E-state index contributed by atoms with van der Waals surface area (Å²) in [4.78, 5) is 12.3. The van der Waals surface area contributed by atoms with Gasteiger partial charge >= 0.3 is 5.97 Å². The molecule has 1 heterocycles. The van der Waals surface area contributed by atoms with E-state index < -0.39 is 27.8 Å². The highest BCUT2D eigenvalue weighted by Crippen LogP contribution is 2.17. The molecule has 1 rings (SSSR count). The highest BCUT2D eigenvalue weighted by Gasteiger charge is 2.29. The van der Waals surface area contributed by atoms with Crippen molar-refractivity contribution < 1.29 is 23.4 Å².